The summed E-state index contributed by atoms with van der Waals surface area (Å²) in [5.74, 6) is -2.72. The number of ether oxygens (including phenoxy) is 3. The molecule has 2 unspecified atom stereocenters. The summed E-state index contributed by atoms with van der Waals surface area (Å²) in [5, 5.41) is 27.7. The maximum atomic E-state index is 12.7. The molecule has 2 amide bonds. The van der Waals surface area contributed by atoms with Crippen molar-refractivity contribution in [2.75, 3.05) is 50.6 Å². The van der Waals surface area contributed by atoms with Gasteiger partial charge in [-0.25, -0.2) is 14.8 Å². The molecule has 0 saturated carbocycles. The van der Waals surface area contributed by atoms with Crippen LogP contribution in [-0.2, 0) is 30.3 Å². The van der Waals surface area contributed by atoms with E-state index in [2.05, 4.69) is 35.9 Å². The minimum Gasteiger partial charge on any atom is -0.492 e. The number of nitrogen functional groups attached to an aromatic ring is 1. The number of hydrogen-bond acceptors (Lipinski definition) is 14. The smallest absolute Gasteiger partial charge is 0.326 e. The zero-order valence-electron chi connectivity index (χ0n) is 24.2. The number of carboxylic acid groups (broad SMARTS) is 1. The Morgan fingerprint density at radius 3 is 2.55 bits per heavy atom. The molecule has 3 aromatic rings. The average Bonchev–Trinajstić information content (AvgIpc) is 3.00. The van der Waals surface area contributed by atoms with Crippen molar-refractivity contribution in [3.05, 3.63) is 41.7 Å². The van der Waals surface area contributed by atoms with E-state index in [4.69, 9.17) is 25.7 Å². The van der Waals surface area contributed by atoms with Crippen LogP contribution >= 0.6 is 0 Å². The molecule has 0 radical (unpaired) electrons. The van der Waals surface area contributed by atoms with Crippen molar-refractivity contribution in [3.8, 4) is 5.88 Å². The number of nitrogens with one attached hydrogen (secondary N) is 3. The quantitative estimate of drug-likeness (QED) is 0.0677. The Balaban J connectivity index is 1.37. The Kier molecular flexibility index (Phi) is 13.4. The van der Waals surface area contributed by atoms with E-state index in [9.17, 15) is 24.6 Å². The second-order valence-electron chi connectivity index (χ2n) is 9.30. The summed E-state index contributed by atoms with van der Waals surface area (Å²) in [5.41, 5.74) is 12.8. The molecule has 44 heavy (non-hydrogen) atoms. The average molecular weight is 616 g/mol. The van der Waals surface area contributed by atoms with Crippen molar-refractivity contribution < 1.29 is 38.8 Å². The van der Waals surface area contributed by atoms with Crippen LogP contribution in [0.5, 0.6) is 5.88 Å². The van der Waals surface area contributed by atoms with E-state index < -0.39 is 24.1 Å². The lowest BCUT2D eigenvalue weighted by Gasteiger charge is -2.15. The van der Waals surface area contributed by atoms with Gasteiger partial charge in [0.25, 0.3) is 5.91 Å². The molecule has 2 heterocycles. The first-order chi connectivity index (χ1) is 21.2. The van der Waals surface area contributed by atoms with Gasteiger partial charge in [0.1, 0.15) is 12.3 Å². The third-order valence-electron chi connectivity index (χ3n) is 5.95. The predicted octanol–water partition coefficient (Wildman–Crippen LogP) is -0.246. The largest absolute Gasteiger partial charge is 0.492 e. The number of carbonyl (C=O) groups is 3. The van der Waals surface area contributed by atoms with Crippen LogP contribution in [0.1, 0.15) is 35.8 Å². The highest BCUT2D eigenvalue weighted by Crippen LogP contribution is 2.19. The number of fused-ring (bicyclic) bond motifs is 1. The van der Waals surface area contributed by atoms with Crippen molar-refractivity contribution in [1.29, 1.82) is 0 Å². The third-order valence-corrected chi connectivity index (χ3v) is 5.95. The Morgan fingerprint density at radius 2 is 1.82 bits per heavy atom. The van der Waals surface area contributed by atoms with Gasteiger partial charge in [-0.05, 0) is 37.6 Å². The molecule has 2 aromatic heterocycles. The fourth-order valence-electron chi connectivity index (χ4n) is 3.73. The lowest BCUT2D eigenvalue weighted by Crippen LogP contribution is -2.41. The molecule has 0 aliphatic rings. The van der Waals surface area contributed by atoms with Crippen LogP contribution < -0.4 is 27.4 Å². The van der Waals surface area contributed by atoms with Crippen LogP contribution in [0.4, 0.5) is 11.6 Å². The fourth-order valence-corrected chi connectivity index (χ4v) is 3.73. The number of carbonyl (C=O) groups excluding carboxylic acids is 2. The van der Waals surface area contributed by atoms with E-state index in [1.807, 2.05) is 6.92 Å². The highest BCUT2D eigenvalue weighted by atomic mass is 16.6. The Morgan fingerprint density at radius 1 is 1.05 bits per heavy atom. The number of carboxylic acids is 1. The van der Waals surface area contributed by atoms with Gasteiger partial charge in [-0.1, -0.05) is 0 Å². The summed E-state index contributed by atoms with van der Waals surface area (Å²) >= 11 is 0. The van der Waals surface area contributed by atoms with Crippen LogP contribution in [0, 0.1) is 0 Å². The topological polar surface area (TPSA) is 259 Å². The molecule has 0 bridgehead atoms. The van der Waals surface area contributed by atoms with Crippen molar-refractivity contribution in [3.63, 3.8) is 0 Å². The molecule has 0 saturated heterocycles. The molecular weight excluding hydrogens is 578 g/mol. The standard InChI is InChI=1S/C27H37N9O8/c1-2-42-15-20(28)44-12-11-43-10-9-30-21(37)8-7-19(26(40)41)34-24(38)16-3-5-17(6-4-16)31-13-18-14-32-23-22(33-18)25(39)36-27(29)35-23/h3-6,14,19-20,31H,2,7-13,15,28H2,1H3,(H,30,37)(H,34,38)(H,40,41)(H3,29,32,35,36,39). The first-order valence-electron chi connectivity index (χ1n) is 13.8. The van der Waals surface area contributed by atoms with E-state index in [-0.39, 0.29) is 80.2 Å². The SMILES string of the molecule is CCOCC(N)OCCOCCNC(=O)CCC(NC(=O)c1ccc(NCc2cnc3nc(N)nc(O)c3n2)cc1)C(=O)O. The summed E-state index contributed by atoms with van der Waals surface area (Å²) in [7, 11) is 0. The molecule has 17 heteroatoms. The van der Waals surface area contributed by atoms with Gasteiger partial charge >= 0.3 is 5.97 Å². The maximum absolute atomic E-state index is 12.7. The first-order valence-corrected chi connectivity index (χ1v) is 13.8. The molecule has 3 rings (SSSR count). The monoisotopic (exact) mass is 615 g/mol. The van der Waals surface area contributed by atoms with Crippen molar-refractivity contribution >= 4 is 40.6 Å². The summed E-state index contributed by atoms with van der Waals surface area (Å²) < 4.78 is 15.8. The van der Waals surface area contributed by atoms with Gasteiger partial charge in [0, 0.05) is 30.8 Å². The second kappa shape index (κ2) is 17.4. The number of aliphatic carboxylic acids is 1. The molecule has 0 aliphatic heterocycles. The number of anilines is 2. The zero-order chi connectivity index (χ0) is 31.9. The van der Waals surface area contributed by atoms with Crippen LogP contribution in [0.15, 0.2) is 30.5 Å². The highest BCUT2D eigenvalue weighted by molar-refractivity contribution is 5.97. The number of hydrogen-bond donors (Lipinski definition) is 7. The number of nitrogens with zero attached hydrogens (tertiary/aromatic N) is 4. The minimum absolute atomic E-state index is 0.0983. The normalized spacial score (nSPS) is 12.4. The van der Waals surface area contributed by atoms with Gasteiger partial charge in [0.15, 0.2) is 11.2 Å². The zero-order valence-corrected chi connectivity index (χ0v) is 24.2. The summed E-state index contributed by atoms with van der Waals surface area (Å²) in [6.45, 7) is 3.98. The Bertz CT molecular complexity index is 1390. The van der Waals surface area contributed by atoms with Crippen molar-refractivity contribution in [2.24, 2.45) is 5.73 Å². The van der Waals surface area contributed by atoms with E-state index >= 15 is 0 Å². The first kappa shape index (κ1) is 33.8. The highest BCUT2D eigenvalue weighted by Gasteiger charge is 2.22. The van der Waals surface area contributed by atoms with Crippen molar-refractivity contribution in [2.45, 2.75) is 38.6 Å². The van der Waals surface area contributed by atoms with E-state index in [1.165, 1.54) is 18.3 Å². The number of aromatic hydroxyl groups is 1. The number of nitrogens with two attached hydrogens (primary N) is 2. The van der Waals surface area contributed by atoms with Gasteiger partial charge in [-0.2, -0.15) is 9.97 Å². The summed E-state index contributed by atoms with van der Waals surface area (Å²) in [4.78, 5) is 52.5. The third kappa shape index (κ3) is 11.2. The molecule has 0 fully saturated rings. The number of aromatic nitrogens is 4. The fraction of sp³-hybridized carbons (Fsp3) is 0.444. The summed E-state index contributed by atoms with van der Waals surface area (Å²) in [6, 6.07) is 5.06. The molecule has 0 aliphatic carbocycles. The predicted molar refractivity (Wildman–Crippen MR) is 157 cm³/mol. The van der Waals surface area contributed by atoms with Gasteiger partial charge in [-0.3, -0.25) is 9.59 Å². The molecule has 2 atom stereocenters. The van der Waals surface area contributed by atoms with E-state index in [0.29, 0.717) is 24.6 Å². The summed E-state index contributed by atoms with van der Waals surface area (Å²) in [6.07, 6.45) is 0.738. The van der Waals surface area contributed by atoms with Crippen LogP contribution in [0.2, 0.25) is 0 Å². The Hall–Kier alpha value is -4.71. The van der Waals surface area contributed by atoms with Crippen LogP contribution in [0.25, 0.3) is 11.2 Å². The van der Waals surface area contributed by atoms with Crippen LogP contribution in [0.3, 0.4) is 0 Å². The maximum Gasteiger partial charge on any atom is 0.326 e. The van der Waals surface area contributed by atoms with E-state index in [1.54, 1.807) is 12.1 Å². The lowest BCUT2D eigenvalue weighted by atomic mass is 10.1. The number of amides is 2. The van der Waals surface area contributed by atoms with Gasteiger partial charge in [0.2, 0.25) is 17.7 Å². The molecule has 1 aromatic carbocycles. The number of rotatable bonds is 19. The van der Waals surface area contributed by atoms with Gasteiger partial charge < -0.3 is 51.8 Å². The minimum atomic E-state index is -1.26. The van der Waals surface area contributed by atoms with Gasteiger partial charge in [0.05, 0.1) is 44.9 Å². The molecule has 238 valence electrons. The lowest BCUT2D eigenvalue weighted by molar-refractivity contribution is -0.139. The molecular formula is C27H37N9O8. The van der Waals surface area contributed by atoms with Crippen LogP contribution in [-0.4, -0.2) is 99.8 Å². The van der Waals surface area contributed by atoms with E-state index in [0.717, 1.165) is 0 Å². The molecule has 17 nitrogen and oxygen atoms in total. The van der Waals surface area contributed by atoms with Crippen molar-refractivity contribution in [1.82, 2.24) is 30.6 Å². The number of benzene rings is 1. The second-order valence-corrected chi connectivity index (χ2v) is 9.30. The molecule has 9 N–H and O–H groups in total. The van der Waals surface area contributed by atoms with Gasteiger partial charge in [-0.15, -0.1) is 0 Å². The Labute approximate surface area is 252 Å². The molecule has 0 spiro atoms.